The van der Waals surface area contributed by atoms with E-state index in [1.807, 2.05) is 30.3 Å². The van der Waals surface area contributed by atoms with Crippen LogP contribution in [0.1, 0.15) is 33.3 Å². The molecule has 1 heterocycles. The van der Waals surface area contributed by atoms with Gasteiger partial charge in [0.1, 0.15) is 12.1 Å². The van der Waals surface area contributed by atoms with E-state index in [1.165, 1.54) is 20.8 Å². The topological polar surface area (TPSA) is 103 Å². The molecule has 1 aromatic carbocycles. The second kappa shape index (κ2) is 9.48. The third-order valence-electron chi connectivity index (χ3n) is 4.15. The van der Waals surface area contributed by atoms with Gasteiger partial charge in [-0.3, -0.25) is 14.4 Å². The van der Waals surface area contributed by atoms with E-state index in [-0.39, 0.29) is 18.4 Å². The lowest BCUT2D eigenvalue weighted by atomic mass is 9.94. The van der Waals surface area contributed by atoms with Crippen LogP contribution in [0.15, 0.2) is 30.3 Å². The first kappa shape index (κ1) is 20.9. The van der Waals surface area contributed by atoms with E-state index in [9.17, 15) is 14.4 Å². The maximum absolute atomic E-state index is 11.7. The average molecular weight is 378 g/mol. The molecule has 2 N–H and O–H groups in total. The summed E-state index contributed by atoms with van der Waals surface area (Å²) in [6.45, 7) is 6.00. The molecule has 1 aliphatic rings. The first-order valence-corrected chi connectivity index (χ1v) is 8.80. The number of nitrogens with one attached hydrogen (secondary N) is 2. The first-order valence-electron chi connectivity index (χ1n) is 8.80. The number of carbonyl (C=O) groups excluding carboxylic acids is 3. The molecule has 148 valence electrons. The highest BCUT2D eigenvalue weighted by molar-refractivity contribution is 5.74. The summed E-state index contributed by atoms with van der Waals surface area (Å²) in [4.78, 5) is 34.9. The van der Waals surface area contributed by atoms with Crippen molar-refractivity contribution < 1.29 is 28.6 Å². The van der Waals surface area contributed by atoms with Crippen LogP contribution in [0.3, 0.4) is 0 Å². The van der Waals surface area contributed by atoms with E-state index >= 15 is 0 Å². The van der Waals surface area contributed by atoms with E-state index in [0.717, 1.165) is 5.56 Å². The summed E-state index contributed by atoms with van der Waals surface area (Å²) in [7, 11) is 0. The van der Waals surface area contributed by atoms with Gasteiger partial charge in [0.15, 0.2) is 6.29 Å². The van der Waals surface area contributed by atoms with Gasteiger partial charge < -0.3 is 24.8 Å². The highest BCUT2D eigenvalue weighted by Crippen LogP contribution is 2.25. The Balaban J connectivity index is 2.24. The van der Waals surface area contributed by atoms with E-state index in [1.54, 1.807) is 6.92 Å². The fourth-order valence-electron chi connectivity index (χ4n) is 3.08. The van der Waals surface area contributed by atoms with Crippen LogP contribution in [0.5, 0.6) is 0 Å². The SMILES string of the molecule is CC(=O)N[C@@H]1[C@H](OC(C)=O)[C@@H](NC(C)=O)[C@@H](OCc2ccccc2)O[C@H]1C. The molecule has 0 bridgehead atoms. The van der Waals surface area contributed by atoms with Crippen LogP contribution in [0.4, 0.5) is 0 Å². The molecule has 0 unspecified atom stereocenters. The van der Waals surface area contributed by atoms with Crippen LogP contribution in [-0.4, -0.2) is 48.4 Å². The van der Waals surface area contributed by atoms with Crippen molar-refractivity contribution in [2.45, 2.75) is 64.9 Å². The van der Waals surface area contributed by atoms with Crippen LogP contribution in [0.2, 0.25) is 0 Å². The Bertz CT molecular complexity index is 665. The quantitative estimate of drug-likeness (QED) is 0.713. The molecule has 1 fully saturated rings. The molecule has 27 heavy (non-hydrogen) atoms. The summed E-state index contributed by atoms with van der Waals surface area (Å²) in [5.74, 6) is -1.15. The van der Waals surface area contributed by atoms with Gasteiger partial charge in [-0.05, 0) is 12.5 Å². The van der Waals surface area contributed by atoms with Crippen LogP contribution >= 0.6 is 0 Å². The number of benzene rings is 1. The molecule has 2 rings (SSSR count). The normalized spacial score (nSPS) is 27.5. The predicted molar refractivity (Wildman–Crippen MR) is 96.3 cm³/mol. The second-order valence-corrected chi connectivity index (χ2v) is 6.53. The van der Waals surface area contributed by atoms with Gasteiger partial charge in [-0.25, -0.2) is 0 Å². The molecule has 1 saturated heterocycles. The summed E-state index contributed by atoms with van der Waals surface area (Å²) in [5.41, 5.74) is 0.934. The molecule has 1 aromatic rings. The minimum absolute atomic E-state index is 0.256. The summed E-state index contributed by atoms with van der Waals surface area (Å²) < 4.78 is 17.2. The Morgan fingerprint density at radius 3 is 2.15 bits per heavy atom. The molecule has 5 atom stereocenters. The number of hydrogen-bond donors (Lipinski definition) is 2. The lowest BCUT2D eigenvalue weighted by molar-refractivity contribution is -0.245. The zero-order valence-electron chi connectivity index (χ0n) is 15.9. The third kappa shape index (κ3) is 6.04. The molecule has 2 amide bonds. The largest absolute Gasteiger partial charge is 0.458 e. The molecular formula is C19H26N2O6. The van der Waals surface area contributed by atoms with Gasteiger partial charge in [0.05, 0.1) is 18.8 Å². The Labute approximate surface area is 158 Å². The van der Waals surface area contributed by atoms with Crippen molar-refractivity contribution in [2.24, 2.45) is 0 Å². The van der Waals surface area contributed by atoms with Gasteiger partial charge in [0.2, 0.25) is 11.8 Å². The Kier molecular flexibility index (Phi) is 7.32. The van der Waals surface area contributed by atoms with Crippen molar-refractivity contribution in [3.05, 3.63) is 35.9 Å². The summed E-state index contributed by atoms with van der Waals surface area (Å²) >= 11 is 0. The van der Waals surface area contributed by atoms with Crippen molar-refractivity contribution in [2.75, 3.05) is 0 Å². The predicted octanol–water partition coefficient (Wildman–Crippen LogP) is 0.889. The average Bonchev–Trinajstić information content (AvgIpc) is 2.59. The molecular weight excluding hydrogens is 352 g/mol. The molecule has 1 aliphatic heterocycles. The van der Waals surface area contributed by atoms with Crippen molar-refractivity contribution in [1.29, 1.82) is 0 Å². The lowest BCUT2D eigenvalue weighted by Gasteiger charge is -2.45. The first-order chi connectivity index (χ1) is 12.8. The standard InChI is InChI=1S/C19H26N2O6/c1-11-16(20-12(2)22)18(27-14(4)24)17(21-13(3)23)19(26-11)25-10-15-8-6-5-7-9-15/h5-9,11,16-19H,10H2,1-4H3,(H,20,22)(H,21,23)/t11-,16-,17+,18-,19-/m0/s1. The molecule has 0 spiro atoms. The van der Waals surface area contributed by atoms with Crippen molar-refractivity contribution >= 4 is 17.8 Å². The Morgan fingerprint density at radius 2 is 1.59 bits per heavy atom. The summed E-state index contributed by atoms with van der Waals surface area (Å²) in [6, 6.07) is 8.10. The highest BCUT2D eigenvalue weighted by Gasteiger charge is 2.47. The van der Waals surface area contributed by atoms with Crippen molar-refractivity contribution in [3.63, 3.8) is 0 Å². The third-order valence-corrected chi connectivity index (χ3v) is 4.15. The molecule has 8 heteroatoms. The zero-order chi connectivity index (χ0) is 20.0. The van der Waals surface area contributed by atoms with Gasteiger partial charge in [-0.15, -0.1) is 0 Å². The Hall–Kier alpha value is -2.45. The maximum atomic E-state index is 11.7. The van der Waals surface area contributed by atoms with Gasteiger partial charge in [-0.1, -0.05) is 30.3 Å². The highest BCUT2D eigenvalue weighted by atomic mass is 16.7. The van der Waals surface area contributed by atoms with Gasteiger partial charge in [0.25, 0.3) is 0 Å². The number of amides is 2. The van der Waals surface area contributed by atoms with Gasteiger partial charge in [-0.2, -0.15) is 0 Å². The van der Waals surface area contributed by atoms with Gasteiger partial charge >= 0.3 is 5.97 Å². The molecule has 0 radical (unpaired) electrons. The lowest BCUT2D eigenvalue weighted by Crippen LogP contribution is -2.68. The van der Waals surface area contributed by atoms with Crippen molar-refractivity contribution in [1.82, 2.24) is 10.6 Å². The fourth-order valence-corrected chi connectivity index (χ4v) is 3.08. The monoisotopic (exact) mass is 378 g/mol. The van der Waals surface area contributed by atoms with Crippen LogP contribution in [0, 0.1) is 0 Å². The number of hydrogen-bond acceptors (Lipinski definition) is 6. The summed E-state index contributed by atoms with van der Waals surface area (Å²) in [6.07, 6.45) is -2.18. The van der Waals surface area contributed by atoms with E-state index in [0.29, 0.717) is 0 Å². The maximum Gasteiger partial charge on any atom is 0.303 e. The minimum Gasteiger partial charge on any atom is -0.458 e. The number of ether oxygens (including phenoxy) is 3. The van der Waals surface area contributed by atoms with Crippen LogP contribution < -0.4 is 10.6 Å². The van der Waals surface area contributed by atoms with E-state index in [2.05, 4.69) is 10.6 Å². The minimum atomic E-state index is -0.849. The number of carbonyl (C=O) groups is 3. The molecule has 0 saturated carbocycles. The van der Waals surface area contributed by atoms with E-state index in [4.69, 9.17) is 14.2 Å². The second-order valence-electron chi connectivity index (χ2n) is 6.53. The fraction of sp³-hybridized carbons (Fsp3) is 0.526. The molecule has 0 aliphatic carbocycles. The molecule has 0 aromatic heterocycles. The summed E-state index contributed by atoms with van der Waals surface area (Å²) in [5, 5.41) is 5.47. The number of rotatable bonds is 6. The van der Waals surface area contributed by atoms with E-state index < -0.39 is 36.6 Å². The van der Waals surface area contributed by atoms with Gasteiger partial charge in [0, 0.05) is 20.8 Å². The zero-order valence-corrected chi connectivity index (χ0v) is 15.9. The van der Waals surface area contributed by atoms with Crippen molar-refractivity contribution in [3.8, 4) is 0 Å². The Morgan fingerprint density at radius 1 is 1.00 bits per heavy atom. The van der Waals surface area contributed by atoms with Crippen LogP contribution in [-0.2, 0) is 35.2 Å². The number of esters is 1. The smallest absolute Gasteiger partial charge is 0.303 e. The molecule has 8 nitrogen and oxygen atoms in total. The van der Waals surface area contributed by atoms with Crippen LogP contribution in [0.25, 0.3) is 0 Å².